The monoisotopic (exact) mass is 424 g/mol. The lowest BCUT2D eigenvalue weighted by molar-refractivity contribution is -0.162. The van der Waals surface area contributed by atoms with E-state index in [9.17, 15) is 14.7 Å². The lowest BCUT2D eigenvalue weighted by Crippen LogP contribution is -2.34. The Morgan fingerprint density at radius 3 is 2.45 bits per heavy atom. The Bertz CT molecular complexity index is 1040. The summed E-state index contributed by atoms with van der Waals surface area (Å²) in [7, 11) is 0. The topological polar surface area (TPSA) is 102 Å². The summed E-state index contributed by atoms with van der Waals surface area (Å²) in [6.45, 7) is 7.45. The zero-order valence-corrected chi connectivity index (χ0v) is 18.2. The fourth-order valence-electron chi connectivity index (χ4n) is 3.59. The summed E-state index contributed by atoms with van der Waals surface area (Å²) in [4.78, 5) is 32.8. The van der Waals surface area contributed by atoms with Crippen LogP contribution in [0.2, 0.25) is 0 Å². The third-order valence-corrected chi connectivity index (χ3v) is 5.17. The van der Waals surface area contributed by atoms with Gasteiger partial charge in [-0.05, 0) is 44.4 Å². The number of fused-ring (bicyclic) bond motifs is 1. The number of carbonyl (C=O) groups excluding carboxylic acids is 1. The molecule has 0 saturated heterocycles. The molecule has 3 unspecified atom stereocenters. The molecule has 7 nitrogen and oxygen atoms in total. The SMILES string of the molecule is CCC(C)OC(=O)C(C(=O)O)C(c1ccccc1)c1c[nH]c2nccc(OC(C)C)c12. The van der Waals surface area contributed by atoms with Gasteiger partial charge in [-0.25, -0.2) is 4.98 Å². The molecule has 164 valence electrons. The van der Waals surface area contributed by atoms with Gasteiger partial charge in [-0.1, -0.05) is 37.3 Å². The summed E-state index contributed by atoms with van der Waals surface area (Å²) in [5, 5.41) is 10.7. The van der Waals surface area contributed by atoms with Crippen molar-refractivity contribution in [3.05, 3.63) is 59.9 Å². The van der Waals surface area contributed by atoms with Crippen LogP contribution >= 0.6 is 0 Å². The van der Waals surface area contributed by atoms with Crippen molar-refractivity contribution in [2.24, 2.45) is 5.92 Å². The van der Waals surface area contributed by atoms with Gasteiger partial charge in [0.15, 0.2) is 5.92 Å². The van der Waals surface area contributed by atoms with E-state index in [2.05, 4.69) is 9.97 Å². The first kappa shape index (κ1) is 22.3. The van der Waals surface area contributed by atoms with E-state index in [-0.39, 0.29) is 12.2 Å². The number of nitrogens with one attached hydrogen (secondary N) is 1. The number of H-pyrrole nitrogens is 1. The third kappa shape index (κ3) is 4.87. The Balaban J connectivity index is 2.21. The number of ether oxygens (including phenoxy) is 2. The summed E-state index contributed by atoms with van der Waals surface area (Å²) in [5.41, 5.74) is 1.88. The van der Waals surface area contributed by atoms with E-state index in [4.69, 9.17) is 9.47 Å². The minimum absolute atomic E-state index is 0.0887. The predicted octanol–water partition coefficient (Wildman–Crippen LogP) is 4.52. The first-order chi connectivity index (χ1) is 14.8. The minimum atomic E-state index is -1.43. The second-order valence-corrected chi connectivity index (χ2v) is 7.80. The molecule has 0 aliphatic carbocycles. The van der Waals surface area contributed by atoms with Crippen molar-refractivity contribution in [3.8, 4) is 5.75 Å². The average Bonchev–Trinajstić information content (AvgIpc) is 3.16. The number of pyridine rings is 1. The van der Waals surface area contributed by atoms with Gasteiger partial charge in [0.25, 0.3) is 0 Å². The Labute approximate surface area is 181 Å². The van der Waals surface area contributed by atoms with E-state index in [1.807, 2.05) is 51.1 Å². The molecule has 3 atom stereocenters. The molecule has 0 aliphatic rings. The minimum Gasteiger partial charge on any atom is -0.490 e. The van der Waals surface area contributed by atoms with Crippen LogP contribution in [0.5, 0.6) is 5.75 Å². The van der Waals surface area contributed by atoms with E-state index in [0.29, 0.717) is 34.3 Å². The highest BCUT2D eigenvalue weighted by Crippen LogP contribution is 2.40. The van der Waals surface area contributed by atoms with Gasteiger partial charge in [0.1, 0.15) is 11.4 Å². The summed E-state index contributed by atoms with van der Waals surface area (Å²) in [6.07, 6.45) is 3.46. The molecule has 0 amide bonds. The maximum Gasteiger partial charge on any atom is 0.321 e. The molecule has 2 aromatic heterocycles. The maximum absolute atomic E-state index is 13.0. The van der Waals surface area contributed by atoms with Gasteiger partial charge >= 0.3 is 11.9 Å². The molecule has 2 N–H and O–H groups in total. The largest absolute Gasteiger partial charge is 0.490 e. The second kappa shape index (κ2) is 9.64. The van der Waals surface area contributed by atoms with Crippen LogP contribution in [0.15, 0.2) is 48.8 Å². The van der Waals surface area contributed by atoms with Crippen LogP contribution in [0.1, 0.15) is 51.2 Å². The van der Waals surface area contributed by atoms with E-state index in [1.54, 1.807) is 25.4 Å². The molecule has 1 aromatic carbocycles. The summed E-state index contributed by atoms with van der Waals surface area (Å²) in [6, 6.07) is 10.9. The van der Waals surface area contributed by atoms with E-state index < -0.39 is 23.8 Å². The number of carbonyl (C=O) groups is 2. The van der Waals surface area contributed by atoms with Gasteiger partial charge < -0.3 is 19.6 Å². The second-order valence-electron chi connectivity index (χ2n) is 7.80. The van der Waals surface area contributed by atoms with Crippen molar-refractivity contribution in [2.45, 2.75) is 52.2 Å². The number of nitrogens with zero attached hydrogens (tertiary/aromatic N) is 1. The van der Waals surface area contributed by atoms with Crippen LogP contribution in [0.25, 0.3) is 11.0 Å². The van der Waals surface area contributed by atoms with Gasteiger partial charge in [-0.15, -0.1) is 0 Å². The first-order valence-electron chi connectivity index (χ1n) is 10.4. The molecule has 0 bridgehead atoms. The Kier molecular flexibility index (Phi) is 6.95. The van der Waals surface area contributed by atoms with Gasteiger partial charge in [-0.3, -0.25) is 9.59 Å². The molecular formula is C24H28N2O5. The lowest BCUT2D eigenvalue weighted by Gasteiger charge is -2.25. The molecular weight excluding hydrogens is 396 g/mol. The lowest BCUT2D eigenvalue weighted by atomic mass is 9.80. The number of rotatable bonds is 9. The van der Waals surface area contributed by atoms with Crippen molar-refractivity contribution < 1.29 is 24.2 Å². The fraction of sp³-hybridized carbons (Fsp3) is 0.375. The van der Waals surface area contributed by atoms with E-state index in [1.165, 1.54) is 0 Å². The summed E-state index contributed by atoms with van der Waals surface area (Å²) < 4.78 is 11.4. The summed E-state index contributed by atoms with van der Waals surface area (Å²) >= 11 is 0. The number of esters is 1. The van der Waals surface area contributed by atoms with Gasteiger partial charge in [-0.2, -0.15) is 0 Å². The molecule has 3 rings (SSSR count). The predicted molar refractivity (Wildman–Crippen MR) is 117 cm³/mol. The van der Waals surface area contributed by atoms with Crippen LogP contribution in [-0.2, 0) is 14.3 Å². The normalized spacial score (nSPS) is 14.2. The van der Waals surface area contributed by atoms with Crippen molar-refractivity contribution >= 4 is 23.0 Å². The molecule has 2 heterocycles. The number of aliphatic carboxylic acids is 1. The van der Waals surface area contributed by atoms with Gasteiger partial charge in [0, 0.05) is 18.3 Å². The van der Waals surface area contributed by atoms with E-state index >= 15 is 0 Å². The zero-order chi connectivity index (χ0) is 22.5. The number of hydrogen-bond donors (Lipinski definition) is 2. The van der Waals surface area contributed by atoms with Crippen LogP contribution in [0.4, 0.5) is 0 Å². The molecule has 0 spiro atoms. The number of aromatic nitrogens is 2. The summed E-state index contributed by atoms with van der Waals surface area (Å²) in [5.74, 6) is -3.64. The van der Waals surface area contributed by atoms with Crippen molar-refractivity contribution in [2.75, 3.05) is 0 Å². The van der Waals surface area contributed by atoms with Crippen molar-refractivity contribution in [1.29, 1.82) is 0 Å². The molecule has 7 heteroatoms. The number of aromatic amines is 1. The van der Waals surface area contributed by atoms with Crippen LogP contribution < -0.4 is 4.74 Å². The molecule has 0 radical (unpaired) electrons. The molecule has 0 saturated carbocycles. The van der Waals surface area contributed by atoms with E-state index in [0.717, 1.165) is 0 Å². The Morgan fingerprint density at radius 2 is 1.84 bits per heavy atom. The first-order valence-corrected chi connectivity index (χ1v) is 10.4. The Morgan fingerprint density at radius 1 is 1.13 bits per heavy atom. The Hall–Kier alpha value is -3.35. The molecule has 3 aromatic rings. The van der Waals surface area contributed by atoms with Gasteiger partial charge in [0.05, 0.1) is 17.6 Å². The highest BCUT2D eigenvalue weighted by atomic mass is 16.5. The molecule has 0 aliphatic heterocycles. The fourth-order valence-corrected chi connectivity index (χ4v) is 3.59. The number of hydrogen-bond acceptors (Lipinski definition) is 5. The number of benzene rings is 1. The van der Waals surface area contributed by atoms with Crippen LogP contribution in [-0.4, -0.2) is 39.2 Å². The number of carboxylic acid groups (broad SMARTS) is 1. The van der Waals surface area contributed by atoms with Crippen molar-refractivity contribution in [3.63, 3.8) is 0 Å². The third-order valence-electron chi connectivity index (χ3n) is 5.17. The number of carboxylic acids is 1. The van der Waals surface area contributed by atoms with Crippen LogP contribution in [0, 0.1) is 5.92 Å². The van der Waals surface area contributed by atoms with Gasteiger partial charge in [0.2, 0.25) is 0 Å². The van der Waals surface area contributed by atoms with Crippen molar-refractivity contribution in [1.82, 2.24) is 9.97 Å². The standard InChI is InChI=1S/C24H28N2O5/c1-5-15(4)31-24(29)21(23(27)28)19(16-9-7-6-8-10-16)17-13-26-22-20(17)18(11-12-25-22)30-14(2)3/h6-15,19,21H,5H2,1-4H3,(H,25,26)(H,27,28). The molecule has 0 fully saturated rings. The molecule has 31 heavy (non-hydrogen) atoms. The zero-order valence-electron chi connectivity index (χ0n) is 18.2. The average molecular weight is 424 g/mol. The highest BCUT2D eigenvalue weighted by molar-refractivity contribution is 5.97. The van der Waals surface area contributed by atoms with Crippen LogP contribution in [0.3, 0.4) is 0 Å². The maximum atomic E-state index is 13.0. The smallest absolute Gasteiger partial charge is 0.321 e. The highest BCUT2D eigenvalue weighted by Gasteiger charge is 2.40. The quantitative estimate of drug-likeness (QED) is 0.387.